The molecule has 0 aliphatic rings. The summed E-state index contributed by atoms with van der Waals surface area (Å²) in [6, 6.07) is 16.6. The van der Waals surface area contributed by atoms with Gasteiger partial charge in [0.15, 0.2) is 0 Å². The van der Waals surface area contributed by atoms with Crippen molar-refractivity contribution in [3.63, 3.8) is 0 Å². The number of benzene rings is 3. The molecule has 0 atom stereocenters. The zero-order valence-corrected chi connectivity index (χ0v) is 12.8. The fourth-order valence-electron chi connectivity index (χ4n) is 2.34. The van der Waals surface area contributed by atoms with Gasteiger partial charge in [0.05, 0.1) is 12.0 Å². The molecule has 0 unspecified atom stereocenters. The first-order chi connectivity index (χ1) is 11.6. The molecule has 0 heterocycles. The topological polar surface area (TPSA) is 78.7 Å². The number of carbonyl (C=O) groups is 1. The molecule has 0 aliphatic heterocycles. The molecule has 3 aromatic carbocycles. The number of methoxy groups -OCH3 is 1. The summed E-state index contributed by atoms with van der Waals surface area (Å²) in [7, 11) is 1.30. The van der Waals surface area contributed by atoms with E-state index in [1.54, 1.807) is 12.1 Å². The predicted molar refractivity (Wildman–Crippen MR) is 88.5 cm³/mol. The van der Waals surface area contributed by atoms with Crippen molar-refractivity contribution in [2.75, 3.05) is 7.11 Å². The van der Waals surface area contributed by atoms with Crippen molar-refractivity contribution >= 4 is 22.4 Å². The average Bonchev–Trinajstić information content (AvgIpc) is 2.61. The Morgan fingerprint density at radius 1 is 1.00 bits per heavy atom. The third-order valence-corrected chi connectivity index (χ3v) is 3.53. The molecule has 0 N–H and O–H groups in total. The van der Waals surface area contributed by atoms with Crippen LogP contribution in [-0.2, 0) is 4.74 Å². The molecule has 6 heteroatoms. The van der Waals surface area contributed by atoms with Gasteiger partial charge in [-0.2, -0.15) is 0 Å². The Hall–Kier alpha value is -3.41. The number of ether oxygens (including phenoxy) is 2. The Morgan fingerprint density at radius 2 is 1.62 bits per heavy atom. The van der Waals surface area contributed by atoms with Crippen LogP contribution in [0.3, 0.4) is 0 Å². The molecule has 0 saturated carbocycles. The lowest BCUT2D eigenvalue weighted by molar-refractivity contribution is -0.384. The highest BCUT2D eigenvalue weighted by molar-refractivity contribution is 5.98. The fourth-order valence-corrected chi connectivity index (χ4v) is 2.34. The standard InChI is InChI=1S/C18H13NO5/c1-23-18(20)16-10-12-4-2-3-5-13(12)11-17(16)24-15-8-6-14(7-9-15)19(21)22/h2-11H,1H3. The van der Waals surface area contributed by atoms with E-state index in [2.05, 4.69) is 0 Å². The molecule has 0 spiro atoms. The quantitative estimate of drug-likeness (QED) is 0.406. The van der Waals surface area contributed by atoms with Crippen LogP contribution in [-0.4, -0.2) is 18.0 Å². The number of fused-ring (bicyclic) bond motifs is 1. The Balaban J connectivity index is 2.03. The Bertz CT molecular complexity index is 918. The largest absolute Gasteiger partial charge is 0.465 e. The van der Waals surface area contributed by atoms with Gasteiger partial charge in [-0.05, 0) is 35.0 Å². The van der Waals surface area contributed by atoms with Crippen LogP contribution in [0.1, 0.15) is 10.4 Å². The first-order valence-corrected chi connectivity index (χ1v) is 7.12. The highest BCUT2D eigenvalue weighted by Crippen LogP contribution is 2.31. The van der Waals surface area contributed by atoms with Crippen molar-refractivity contribution in [3.8, 4) is 11.5 Å². The molecule has 0 saturated heterocycles. The van der Waals surface area contributed by atoms with Gasteiger partial charge >= 0.3 is 5.97 Å². The summed E-state index contributed by atoms with van der Waals surface area (Å²) in [5.41, 5.74) is 0.253. The summed E-state index contributed by atoms with van der Waals surface area (Å²) in [5, 5.41) is 12.5. The summed E-state index contributed by atoms with van der Waals surface area (Å²) >= 11 is 0. The number of esters is 1. The number of nitro benzene ring substituents is 1. The minimum atomic E-state index is -0.516. The van der Waals surface area contributed by atoms with E-state index in [9.17, 15) is 14.9 Å². The maximum atomic E-state index is 12.0. The van der Waals surface area contributed by atoms with E-state index in [1.807, 2.05) is 24.3 Å². The molecule has 0 aliphatic carbocycles. The lowest BCUT2D eigenvalue weighted by Gasteiger charge is -2.11. The summed E-state index contributed by atoms with van der Waals surface area (Å²) in [6.45, 7) is 0. The van der Waals surface area contributed by atoms with E-state index >= 15 is 0 Å². The number of hydrogen-bond acceptors (Lipinski definition) is 5. The zero-order valence-electron chi connectivity index (χ0n) is 12.8. The predicted octanol–water partition coefficient (Wildman–Crippen LogP) is 4.33. The van der Waals surface area contributed by atoms with Gasteiger partial charge in [0.1, 0.15) is 17.1 Å². The highest BCUT2D eigenvalue weighted by atomic mass is 16.6. The smallest absolute Gasteiger partial charge is 0.341 e. The molecule has 0 amide bonds. The maximum absolute atomic E-state index is 12.0. The van der Waals surface area contributed by atoms with E-state index in [0.29, 0.717) is 11.5 Å². The first-order valence-electron chi connectivity index (χ1n) is 7.12. The minimum Gasteiger partial charge on any atom is -0.465 e. The Morgan fingerprint density at radius 3 is 2.21 bits per heavy atom. The molecule has 24 heavy (non-hydrogen) atoms. The molecule has 6 nitrogen and oxygen atoms in total. The summed E-state index contributed by atoms with van der Waals surface area (Å²) in [5.74, 6) is 0.202. The monoisotopic (exact) mass is 323 g/mol. The molecular formula is C18H13NO5. The number of rotatable bonds is 4. The van der Waals surface area contributed by atoms with Crippen molar-refractivity contribution in [2.45, 2.75) is 0 Å². The van der Waals surface area contributed by atoms with Crippen LogP contribution in [0, 0.1) is 10.1 Å². The molecule has 120 valence electrons. The molecule has 0 radical (unpaired) electrons. The number of non-ortho nitro benzene ring substituents is 1. The molecule has 3 aromatic rings. The highest BCUT2D eigenvalue weighted by Gasteiger charge is 2.16. The van der Waals surface area contributed by atoms with Gasteiger partial charge < -0.3 is 9.47 Å². The van der Waals surface area contributed by atoms with Crippen LogP contribution in [0.5, 0.6) is 11.5 Å². The number of carbonyl (C=O) groups excluding carboxylic acids is 1. The minimum absolute atomic E-state index is 0.0333. The number of hydrogen-bond donors (Lipinski definition) is 0. The average molecular weight is 323 g/mol. The summed E-state index contributed by atoms with van der Waals surface area (Å²) in [6.07, 6.45) is 0. The van der Waals surface area contributed by atoms with Crippen LogP contribution in [0.4, 0.5) is 5.69 Å². The molecule has 0 bridgehead atoms. The third kappa shape index (κ3) is 3.03. The Labute approximate surface area is 137 Å². The van der Waals surface area contributed by atoms with Crippen molar-refractivity contribution in [1.82, 2.24) is 0 Å². The normalized spacial score (nSPS) is 10.4. The molecular weight excluding hydrogens is 310 g/mol. The lowest BCUT2D eigenvalue weighted by Crippen LogP contribution is -2.04. The lowest BCUT2D eigenvalue weighted by atomic mass is 10.1. The van der Waals surface area contributed by atoms with Gasteiger partial charge in [-0.3, -0.25) is 10.1 Å². The number of nitro groups is 1. The SMILES string of the molecule is COC(=O)c1cc2ccccc2cc1Oc1ccc([N+](=O)[O-])cc1. The van der Waals surface area contributed by atoms with Crippen LogP contribution < -0.4 is 4.74 Å². The number of nitrogens with zero attached hydrogens (tertiary/aromatic N) is 1. The van der Waals surface area contributed by atoms with Crippen LogP contribution in [0.2, 0.25) is 0 Å². The zero-order chi connectivity index (χ0) is 17.1. The van der Waals surface area contributed by atoms with E-state index in [4.69, 9.17) is 9.47 Å². The van der Waals surface area contributed by atoms with Crippen LogP contribution in [0.15, 0.2) is 60.7 Å². The fraction of sp³-hybridized carbons (Fsp3) is 0.0556. The van der Waals surface area contributed by atoms with Crippen molar-refractivity contribution in [1.29, 1.82) is 0 Å². The van der Waals surface area contributed by atoms with Gasteiger partial charge in [-0.25, -0.2) is 4.79 Å². The first kappa shape index (κ1) is 15.5. The van der Waals surface area contributed by atoms with Gasteiger partial charge in [0.25, 0.3) is 5.69 Å². The summed E-state index contributed by atoms with van der Waals surface area (Å²) in [4.78, 5) is 22.2. The van der Waals surface area contributed by atoms with Crippen molar-refractivity contribution in [3.05, 3.63) is 76.3 Å². The van der Waals surface area contributed by atoms with E-state index in [0.717, 1.165) is 10.8 Å². The molecule has 0 aromatic heterocycles. The maximum Gasteiger partial charge on any atom is 0.341 e. The molecule has 0 fully saturated rings. The van der Waals surface area contributed by atoms with Gasteiger partial charge in [0.2, 0.25) is 0 Å². The summed E-state index contributed by atoms with van der Waals surface area (Å²) < 4.78 is 10.6. The van der Waals surface area contributed by atoms with Gasteiger partial charge in [0, 0.05) is 12.1 Å². The third-order valence-electron chi connectivity index (χ3n) is 3.53. The van der Waals surface area contributed by atoms with E-state index in [1.165, 1.54) is 31.4 Å². The van der Waals surface area contributed by atoms with Crippen LogP contribution >= 0.6 is 0 Å². The Kier molecular flexibility index (Phi) is 4.11. The molecule has 3 rings (SSSR count). The second-order valence-corrected chi connectivity index (χ2v) is 5.04. The van der Waals surface area contributed by atoms with Crippen LogP contribution in [0.25, 0.3) is 10.8 Å². The van der Waals surface area contributed by atoms with Gasteiger partial charge in [-0.1, -0.05) is 24.3 Å². The van der Waals surface area contributed by atoms with Gasteiger partial charge in [-0.15, -0.1) is 0 Å². The second-order valence-electron chi connectivity index (χ2n) is 5.04. The second kappa shape index (κ2) is 6.37. The van der Waals surface area contributed by atoms with E-state index < -0.39 is 10.9 Å². The van der Waals surface area contributed by atoms with Crippen molar-refractivity contribution < 1.29 is 19.2 Å². The van der Waals surface area contributed by atoms with Crippen molar-refractivity contribution in [2.24, 2.45) is 0 Å². The van der Waals surface area contributed by atoms with E-state index in [-0.39, 0.29) is 11.3 Å².